The van der Waals surface area contributed by atoms with Gasteiger partial charge in [0.05, 0.1) is 11.3 Å². The van der Waals surface area contributed by atoms with Crippen LogP contribution in [0, 0.1) is 17.3 Å². The Balaban J connectivity index is 1.50. The van der Waals surface area contributed by atoms with E-state index in [0.717, 1.165) is 24.2 Å². The number of hydrogen-bond donors (Lipinski definition) is 1. The first-order chi connectivity index (χ1) is 11.1. The number of carbonyl (C=O) groups excluding carboxylic acids is 1. The Hall–Kier alpha value is -2.04. The van der Waals surface area contributed by atoms with Gasteiger partial charge in [-0.25, -0.2) is 0 Å². The number of para-hydroxylation sites is 1. The van der Waals surface area contributed by atoms with Crippen LogP contribution in [0.5, 0.6) is 5.75 Å². The van der Waals surface area contributed by atoms with Gasteiger partial charge in [0.2, 0.25) is 5.91 Å². The third-order valence-corrected chi connectivity index (χ3v) is 5.84. The van der Waals surface area contributed by atoms with E-state index in [1.165, 1.54) is 0 Å². The van der Waals surface area contributed by atoms with Gasteiger partial charge in [0.1, 0.15) is 12.4 Å². The topological polar surface area (TPSA) is 66.8 Å². The molecule has 0 radical (unpaired) electrons. The average molecular weight is 315 g/mol. The van der Waals surface area contributed by atoms with Gasteiger partial charge in [-0.05, 0) is 36.8 Å². The molecule has 5 heteroatoms. The molecule has 3 atom stereocenters. The normalized spacial score (nSPS) is 32.1. The quantitative estimate of drug-likeness (QED) is 0.906. The summed E-state index contributed by atoms with van der Waals surface area (Å²) in [4.78, 5) is 26.4. The minimum absolute atomic E-state index is 0.0505. The highest BCUT2D eigenvalue weighted by Crippen LogP contribution is 2.49. The van der Waals surface area contributed by atoms with Crippen molar-refractivity contribution in [2.45, 2.75) is 25.7 Å². The minimum atomic E-state index is -0.736. The molecule has 0 bridgehead atoms. The minimum Gasteiger partial charge on any atom is -0.492 e. The molecule has 23 heavy (non-hydrogen) atoms. The maximum Gasteiger partial charge on any atom is 0.311 e. The monoisotopic (exact) mass is 315 g/mol. The summed E-state index contributed by atoms with van der Waals surface area (Å²) in [5.74, 6) is 0.0854. The number of amides is 1. The summed E-state index contributed by atoms with van der Waals surface area (Å²) in [5, 5.41) is 9.65. The molecule has 2 aliphatic heterocycles. The van der Waals surface area contributed by atoms with Gasteiger partial charge in [-0.1, -0.05) is 24.6 Å². The van der Waals surface area contributed by atoms with Crippen molar-refractivity contribution in [1.82, 2.24) is 4.90 Å². The van der Waals surface area contributed by atoms with Crippen molar-refractivity contribution in [2.75, 3.05) is 19.7 Å². The van der Waals surface area contributed by atoms with Crippen LogP contribution in [0.2, 0.25) is 0 Å². The van der Waals surface area contributed by atoms with E-state index in [1.807, 2.05) is 24.3 Å². The second kappa shape index (κ2) is 5.25. The number of likely N-dealkylation sites (tertiary alicyclic amines) is 1. The average Bonchev–Trinajstić information content (AvgIpc) is 3.12. The molecule has 2 fully saturated rings. The van der Waals surface area contributed by atoms with Gasteiger partial charge in [-0.3, -0.25) is 9.59 Å². The summed E-state index contributed by atoms with van der Waals surface area (Å²) in [6.45, 7) is 1.34. The Morgan fingerprint density at radius 2 is 2.13 bits per heavy atom. The molecule has 1 amide bonds. The van der Waals surface area contributed by atoms with Crippen LogP contribution >= 0.6 is 0 Å². The van der Waals surface area contributed by atoms with Crippen LogP contribution in [0.4, 0.5) is 0 Å². The Morgan fingerprint density at radius 3 is 2.91 bits per heavy atom. The van der Waals surface area contributed by atoms with Crippen molar-refractivity contribution in [3.8, 4) is 5.75 Å². The van der Waals surface area contributed by atoms with Crippen molar-refractivity contribution in [3.05, 3.63) is 29.8 Å². The summed E-state index contributed by atoms with van der Waals surface area (Å²) in [7, 11) is 0. The van der Waals surface area contributed by atoms with E-state index in [4.69, 9.17) is 4.74 Å². The van der Waals surface area contributed by atoms with Crippen molar-refractivity contribution < 1.29 is 19.4 Å². The lowest BCUT2D eigenvalue weighted by molar-refractivity contribution is -0.149. The van der Waals surface area contributed by atoms with Gasteiger partial charge in [0.25, 0.3) is 0 Å². The van der Waals surface area contributed by atoms with E-state index in [1.54, 1.807) is 4.90 Å². The molecule has 122 valence electrons. The number of nitrogens with zero attached hydrogens (tertiary/aromatic N) is 1. The molecule has 1 N–H and O–H groups in total. The fraction of sp³-hybridized carbons (Fsp3) is 0.556. The molecular formula is C18H21NO4. The smallest absolute Gasteiger partial charge is 0.311 e. The van der Waals surface area contributed by atoms with Gasteiger partial charge in [0.15, 0.2) is 0 Å². The highest BCUT2D eigenvalue weighted by molar-refractivity contribution is 5.83. The third kappa shape index (κ3) is 2.21. The number of carbonyl (C=O) groups is 2. The zero-order valence-corrected chi connectivity index (χ0v) is 13.0. The van der Waals surface area contributed by atoms with Gasteiger partial charge in [-0.15, -0.1) is 0 Å². The first-order valence-electron chi connectivity index (χ1n) is 8.33. The molecule has 3 aliphatic rings. The molecule has 4 rings (SSSR count). The zero-order valence-electron chi connectivity index (χ0n) is 13.0. The predicted octanol–water partition coefficient (Wildman–Crippen LogP) is 1.95. The Morgan fingerprint density at radius 1 is 1.30 bits per heavy atom. The molecule has 5 nitrogen and oxygen atoms in total. The van der Waals surface area contributed by atoms with Crippen LogP contribution in [0.15, 0.2) is 24.3 Å². The number of carboxylic acid groups (broad SMARTS) is 1. The summed E-state index contributed by atoms with van der Waals surface area (Å²) >= 11 is 0. The maximum absolute atomic E-state index is 12.9. The third-order valence-electron chi connectivity index (χ3n) is 5.84. The fourth-order valence-electron chi connectivity index (χ4n) is 4.55. The van der Waals surface area contributed by atoms with E-state index in [-0.39, 0.29) is 17.7 Å². The first-order valence-corrected chi connectivity index (χ1v) is 8.33. The van der Waals surface area contributed by atoms with Gasteiger partial charge in [0, 0.05) is 13.1 Å². The van der Waals surface area contributed by atoms with Gasteiger partial charge < -0.3 is 14.7 Å². The van der Waals surface area contributed by atoms with Crippen molar-refractivity contribution in [3.63, 3.8) is 0 Å². The molecule has 1 aromatic carbocycles. The molecule has 0 spiro atoms. The molecular weight excluding hydrogens is 294 g/mol. The predicted molar refractivity (Wildman–Crippen MR) is 83.1 cm³/mol. The molecule has 2 heterocycles. The van der Waals surface area contributed by atoms with E-state index >= 15 is 0 Å². The largest absolute Gasteiger partial charge is 0.492 e. The van der Waals surface area contributed by atoms with Crippen LogP contribution < -0.4 is 4.74 Å². The van der Waals surface area contributed by atoms with Crippen molar-refractivity contribution >= 4 is 11.9 Å². The number of rotatable bonds is 2. The lowest BCUT2D eigenvalue weighted by Gasteiger charge is -2.29. The summed E-state index contributed by atoms with van der Waals surface area (Å²) in [5.41, 5.74) is 0.354. The zero-order chi connectivity index (χ0) is 16.0. The van der Waals surface area contributed by atoms with Crippen molar-refractivity contribution in [2.24, 2.45) is 17.3 Å². The second-order valence-electron chi connectivity index (χ2n) is 7.09. The van der Waals surface area contributed by atoms with E-state index < -0.39 is 11.4 Å². The molecule has 0 aromatic heterocycles. The molecule has 1 saturated carbocycles. The fourth-order valence-corrected chi connectivity index (χ4v) is 4.55. The Bertz CT molecular complexity index is 658. The molecule has 1 aromatic rings. The Kier molecular flexibility index (Phi) is 3.32. The highest BCUT2D eigenvalue weighted by Gasteiger charge is 2.56. The summed E-state index contributed by atoms with van der Waals surface area (Å²) in [6.07, 6.45) is 3.25. The lowest BCUT2D eigenvalue weighted by Crippen LogP contribution is -2.42. The number of benzene rings is 1. The van der Waals surface area contributed by atoms with Crippen LogP contribution in [-0.4, -0.2) is 41.6 Å². The SMILES string of the molecule is O=C(C1COc2ccccc2C1)N1C[C@@H]2CCC[C@@]2(C(=O)O)C1. The summed E-state index contributed by atoms with van der Waals surface area (Å²) in [6, 6.07) is 7.80. The first kappa shape index (κ1) is 14.5. The number of aliphatic carboxylic acids is 1. The number of ether oxygens (including phenoxy) is 1. The number of hydrogen-bond acceptors (Lipinski definition) is 3. The standard InChI is InChI=1S/C18H21NO4/c20-16(13-8-12-4-1-2-6-15(12)23-10-13)19-9-14-5-3-7-18(14,11-19)17(21)22/h1-2,4,6,13-14H,3,5,7-11H2,(H,21,22)/t13?,14-,18+/m0/s1. The van der Waals surface area contributed by atoms with E-state index in [0.29, 0.717) is 32.5 Å². The number of carboxylic acids is 1. The van der Waals surface area contributed by atoms with Crippen molar-refractivity contribution in [1.29, 1.82) is 0 Å². The van der Waals surface area contributed by atoms with E-state index in [2.05, 4.69) is 0 Å². The van der Waals surface area contributed by atoms with Crippen LogP contribution in [0.3, 0.4) is 0 Å². The number of fused-ring (bicyclic) bond motifs is 2. The van der Waals surface area contributed by atoms with Gasteiger partial charge in [-0.2, -0.15) is 0 Å². The second-order valence-corrected chi connectivity index (χ2v) is 7.09. The molecule has 1 aliphatic carbocycles. The van der Waals surface area contributed by atoms with Crippen LogP contribution in [-0.2, 0) is 16.0 Å². The van der Waals surface area contributed by atoms with E-state index in [9.17, 15) is 14.7 Å². The molecule has 1 unspecified atom stereocenters. The van der Waals surface area contributed by atoms with Crippen LogP contribution in [0.25, 0.3) is 0 Å². The maximum atomic E-state index is 12.9. The Labute approximate surface area is 135 Å². The molecule has 1 saturated heterocycles. The highest BCUT2D eigenvalue weighted by atomic mass is 16.5. The van der Waals surface area contributed by atoms with Gasteiger partial charge >= 0.3 is 5.97 Å². The van der Waals surface area contributed by atoms with Crippen LogP contribution in [0.1, 0.15) is 24.8 Å². The summed E-state index contributed by atoms with van der Waals surface area (Å²) < 4.78 is 5.72. The lowest BCUT2D eigenvalue weighted by atomic mass is 9.81.